The van der Waals surface area contributed by atoms with Crippen LogP contribution < -0.4 is 10.6 Å². The molecule has 7 rings (SSSR count). The van der Waals surface area contributed by atoms with E-state index in [4.69, 9.17) is 4.42 Å². The van der Waals surface area contributed by atoms with Crippen molar-refractivity contribution in [3.63, 3.8) is 0 Å². The zero-order valence-corrected chi connectivity index (χ0v) is 24.0. The molecule has 0 unspecified atom stereocenters. The summed E-state index contributed by atoms with van der Waals surface area (Å²) in [6, 6.07) is 37.5. The predicted molar refractivity (Wildman–Crippen MR) is 177 cm³/mol. The molecule has 0 spiro atoms. The molecule has 4 aromatic carbocycles. The summed E-state index contributed by atoms with van der Waals surface area (Å²) in [7, 11) is 0. The molecule has 4 bridgehead atoms. The lowest BCUT2D eigenvalue weighted by Gasteiger charge is -2.12. The molecule has 0 saturated carbocycles. The van der Waals surface area contributed by atoms with Gasteiger partial charge >= 0.3 is 0 Å². The SMILES string of the molecule is O=C1Nc2ccccc2N=Cc2ccc(o2)C=Nc2ccccc2NC(=O)c2sc1c(-c1ccccc1)c2-c1ccccc1. The molecule has 0 atom stereocenters. The Bertz CT molecular complexity index is 1920. The van der Waals surface area contributed by atoms with E-state index in [0.29, 0.717) is 55.2 Å². The first kappa shape index (κ1) is 27.0. The molecule has 0 aliphatic carbocycles. The van der Waals surface area contributed by atoms with Crippen molar-refractivity contribution >= 4 is 58.3 Å². The van der Waals surface area contributed by atoms with E-state index in [0.717, 1.165) is 22.5 Å². The Morgan fingerprint density at radius 3 is 1.36 bits per heavy atom. The molecule has 8 heteroatoms. The maximum absolute atomic E-state index is 14.2. The molecule has 0 saturated heterocycles. The van der Waals surface area contributed by atoms with Gasteiger partial charge in [0.15, 0.2) is 0 Å². The van der Waals surface area contributed by atoms with Gasteiger partial charge in [-0.25, -0.2) is 0 Å². The topological polar surface area (TPSA) is 96.1 Å². The van der Waals surface area contributed by atoms with Gasteiger partial charge in [0.05, 0.1) is 35.2 Å². The van der Waals surface area contributed by atoms with Crippen LogP contribution in [0.3, 0.4) is 0 Å². The number of nitrogens with zero attached hydrogens (tertiary/aromatic N) is 2. The lowest BCUT2D eigenvalue weighted by molar-refractivity contribution is 0.102. The molecule has 0 radical (unpaired) electrons. The molecule has 1 aliphatic rings. The molecule has 3 heterocycles. The van der Waals surface area contributed by atoms with Crippen molar-refractivity contribution in [2.45, 2.75) is 0 Å². The molecule has 7 nitrogen and oxygen atoms in total. The third-order valence-corrected chi connectivity index (χ3v) is 8.25. The number of carbonyl (C=O) groups excluding carboxylic acids is 2. The van der Waals surface area contributed by atoms with Crippen LogP contribution in [0.25, 0.3) is 22.3 Å². The minimum absolute atomic E-state index is 0.348. The smallest absolute Gasteiger partial charge is 0.266 e. The summed E-state index contributed by atoms with van der Waals surface area (Å²) in [5.74, 6) is 0.354. The summed E-state index contributed by atoms with van der Waals surface area (Å²) in [5.41, 5.74) is 5.16. The molecular weight excluding hydrogens is 568 g/mol. The lowest BCUT2D eigenvalue weighted by Crippen LogP contribution is -2.12. The van der Waals surface area contributed by atoms with E-state index in [-0.39, 0.29) is 11.8 Å². The summed E-state index contributed by atoms with van der Waals surface area (Å²) in [6.45, 7) is 0. The van der Waals surface area contributed by atoms with Crippen molar-refractivity contribution in [3.8, 4) is 22.3 Å². The number of carbonyl (C=O) groups is 2. The monoisotopic (exact) mass is 592 g/mol. The molecular formula is C36H24N4O3S. The summed E-state index contributed by atoms with van der Waals surface area (Å²) in [5, 5.41) is 6.11. The van der Waals surface area contributed by atoms with Gasteiger partial charge in [-0.05, 0) is 47.5 Å². The normalized spacial score (nSPS) is 12.8. The fourth-order valence-corrected chi connectivity index (χ4v) is 6.16. The van der Waals surface area contributed by atoms with E-state index in [1.807, 2.05) is 97.1 Å². The first-order chi connectivity index (χ1) is 21.6. The molecule has 2 amide bonds. The zero-order chi connectivity index (χ0) is 29.9. The van der Waals surface area contributed by atoms with Crippen molar-refractivity contribution in [2.24, 2.45) is 9.98 Å². The van der Waals surface area contributed by atoms with Gasteiger partial charge in [0.1, 0.15) is 21.3 Å². The molecule has 44 heavy (non-hydrogen) atoms. The fourth-order valence-electron chi connectivity index (χ4n) is 5.03. The zero-order valence-electron chi connectivity index (χ0n) is 23.2. The molecule has 6 aromatic rings. The van der Waals surface area contributed by atoms with Crippen LogP contribution in [-0.4, -0.2) is 24.2 Å². The summed E-state index contributed by atoms with van der Waals surface area (Å²) < 4.78 is 5.88. The number of benzene rings is 4. The van der Waals surface area contributed by atoms with Gasteiger partial charge in [0.25, 0.3) is 11.8 Å². The largest absolute Gasteiger partial charge is 0.454 e. The Balaban J connectivity index is 1.46. The van der Waals surface area contributed by atoms with Gasteiger partial charge in [0, 0.05) is 11.1 Å². The highest BCUT2D eigenvalue weighted by Crippen LogP contribution is 2.44. The molecule has 0 fully saturated rings. The predicted octanol–water partition coefficient (Wildman–Crippen LogP) is 8.99. The second kappa shape index (κ2) is 11.8. The van der Waals surface area contributed by atoms with Crippen LogP contribution in [0.1, 0.15) is 30.9 Å². The average molecular weight is 593 g/mol. The van der Waals surface area contributed by atoms with Gasteiger partial charge in [-0.1, -0.05) is 84.9 Å². The Kier molecular flexibility index (Phi) is 7.24. The maximum Gasteiger partial charge on any atom is 0.266 e. The number of para-hydroxylation sites is 4. The fraction of sp³-hybridized carbons (Fsp3) is 0. The Morgan fingerprint density at radius 1 is 0.500 bits per heavy atom. The second-order valence-electron chi connectivity index (χ2n) is 9.94. The number of hydrogen-bond donors (Lipinski definition) is 2. The number of furan rings is 1. The van der Waals surface area contributed by atoms with Crippen LogP contribution in [0.4, 0.5) is 22.7 Å². The summed E-state index contributed by atoms with van der Waals surface area (Å²) in [4.78, 5) is 38.3. The highest BCUT2D eigenvalue weighted by molar-refractivity contribution is 7.17. The van der Waals surface area contributed by atoms with Crippen LogP contribution >= 0.6 is 11.3 Å². The van der Waals surface area contributed by atoms with Crippen molar-refractivity contribution in [2.75, 3.05) is 10.6 Å². The van der Waals surface area contributed by atoms with E-state index >= 15 is 0 Å². The van der Waals surface area contributed by atoms with E-state index in [2.05, 4.69) is 20.6 Å². The summed E-state index contributed by atoms with van der Waals surface area (Å²) in [6.07, 6.45) is 3.21. The number of hydrogen-bond acceptors (Lipinski definition) is 6. The Morgan fingerprint density at radius 2 is 0.909 bits per heavy atom. The number of nitrogens with one attached hydrogen (secondary N) is 2. The highest BCUT2D eigenvalue weighted by Gasteiger charge is 2.29. The van der Waals surface area contributed by atoms with Crippen LogP contribution in [0.5, 0.6) is 0 Å². The van der Waals surface area contributed by atoms with Gasteiger partial charge in [0.2, 0.25) is 0 Å². The first-order valence-corrected chi connectivity index (χ1v) is 14.7. The van der Waals surface area contributed by atoms with E-state index in [1.165, 1.54) is 0 Å². The molecule has 212 valence electrons. The standard InChI is InChI=1S/C36H24N4O3S/c41-35-33-31(23-11-3-1-4-12-23)32(24-13-5-2-6-14-24)34(44-33)36(42)40-30-18-10-8-16-28(30)38-22-26-20-19-25(43-26)21-37-27-15-7-9-17-29(27)39-35/h1-22H,(H,39,41)(H,40,42). The number of anilines is 2. The Hall–Kier alpha value is -5.86. The van der Waals surface area contributed by atoms with Crippen molar-refractivity contribution in [3.05, 3.63) is 143 Å². The number of fused-ring (bicyclic) bond motifs is 6. The van der Waals surface area contributed by atoms with E-state index < -0.39 is 0 Å². The molecule has 1 aliphatic heterocycles. The quantitative estimate of drug-likeness (QED) is 0.210. The first-order valence-electron chi connectivity index (χ1n) is 13.9. The van der Waals surface area contributed by atoms with Crippen LogP contribution in [0, 0.1) is 0 Å². The van der Waals surface area contributed by atoms with Gasteiger partial charge in [-0.3, -0.25) is 19.6 Å². The van der Waals surface area contributed by atoms with Crippen LogP contribution in [0.15, 0.2) is 136 Å². The van der Waals surface area contributed by atoms with Crippen LogP contribution in [-0.2, 0) is 0 Å². The number of thiophene rings is 1. The van der Waals surface area contributed by atoms with Crippen molar-refractivity contribution in [1.29, 1.82) is 0 Å². The third kappa shape index (κ3) is 5.37. The number of amides is 2. The van der Waals surface area contributed by atoms with E-state index in [1.54, 1.807) is 36.7 Å². The minimum Gasteiger partial charge on any atom is -0.454 e. The second-order valence-corrected chi connectivity index (χ2v) is 11.0. The van der Waals surface area contributed by atoms with Crippen LogP contribution in [0.2, 0.25) is 0 Å². The maximum atomic E-state index is 14.2. The highest BCUT2D eigenvalue weighted by atomic mass is 32.1. The summed E-state index contributed by atoms with van der Waals surface area (Å²) >= 11 is 1.16. The van der Waals surface area contributed by atoms with Crippen molar-refractivity contribution < 1.29 is 14.0 Å². The molecule has 2 aromatic heterocycles. The minimum atomic E-state index is -0.348. The number of aliphatic imine (C=N–C) groups is 2. The number of rotatable bonds is 2. The average Bonchev–Trinajstić information content (AvgIpc) is 3.70. The Labute approximate surface area is 257 Å². The van der Waals surface area contributed by atoms with Gasteiger partial charge < -0.3 is 15.1 Å². The van der Waals surface area contributed by atoms with E-state index in [9.17, 15) is 9.59 Å². The van der Waals surface area contributed by atoms with Gasteiger partial charge in [-0.15, -0.1) is 11.3 Å². The van der Waals surface area contributed by atoms with Crippen molar-refractivity contribution in [1.82, 2.24) is 0 Å². The van der Waals surface area contributed by atoms with Gasteiger partial charge in [-0.2, -0.15) is 0 Å². The molecule has 2 N–H and O–H groups in total. The third-order valence-electron chi connectivity index (χ3n) is 7.06. The lowest BCUT2D eigenvalue weighted by atomic mass is 9.94.